The summed E-state index contributed by atoms with van der Waals surface area (Å²) in [5.74, 6) is -1.04. The molecule has 2 rings (SSSR count). The highest BCUT2D eigenvalue weighted by atomic mass is 35.5. The van der Waals surface area contributed by atoms with Crippen molar-refractivity contribution in [1.82, 2.24) is 10.3 Å². The van der Waals surface area contributed by atoms with Crippen LogP contribution in [0.25, 0.3) is 0 Å². The molecule has 0 bridgehead atoms. The summed E-state index contributed by atoms with van der Waals surface area (Å²) in [6.45, 7) is 3.62. The predicted molar refractivity (Wildman–Crippen MR) is 91.9 cm³/mol. The minimum Gasteiger partial charge on any atom is -0.452 e. The summed E-state index contributed by atoms with van der Waals surface area (Å²) in [6, 6.07) is 10.9. The van der Waals surface area contributed by atoms with Gasteiger partial charge >= 0.3 is 5.97 Å². The van der Waals surface area contributed by atoms with Crippen LogP contribution in [0, 0.1) is 6.92 Å². The summed E-state index contributed by atoms with van der Waals surface area (Å²) in [7, 11) is 0. The summed E-state index contributed by atoms with van der Waals surface area (Å²) < 4.78 is 5.00. The third kappa shape index (κ3) is 4.80. The van der Waals surface area contributed by atoms with Crippen LogP contribution in [-0.4, -0.2) is 23.5 Å². The van der Waals surface area contributed by atoms with Crippen molar-refractivity contribution >= 4 is 23.5 Å². The SMILES string of the molecule is CC[C@@H](NC(=O)COC(=O)c1cccnc1Cl)c1ccc(C)cc1. The number of rotatable bonds is 6. The van der Waals surface area contributed by atoms with Gasteiger partial charge in [0.1, 0.15) is 5.15 Å². The molecule has 0 radical (unpaired) electrons. The number of benzene rings is 1. The first-order valence-corrected chi connectivity index (χ1v) is 8.02. The van der Waals surface area contributed by atoms with Gasteiger partial charge in [0.15, 0.2) is 6.61 Å². The Kier molecular flexibility index (Phi) is 6.32. The monoisotopic (exact) mass is 346 g/mol. The van der Waals surface area contributed by atoms with Crippen LogP contribution in [0.2, 0.25) is 5.15 Å². The molecule has 1 aromatic carbocycles. The molecule has 0 spiro atoms. The fraction of sp³-hybridized carbons (Fsp3) is 0.278. The molecule has 0 fully saturated rings. The lowest BCUT2D eigenvalue weighted by atomic mass is 10.0. The lowest BCUT2D eigenvalue weighted by Gasteiger charge is -2.17. The molecule has 1 heterocycles. The zero-order valence-corrected chi connectivity index (χ0v) is 14.3. The number of aryl methyl sites for hydroxylation is 1. The largest absolute Gasteiger partial charge is 0.452 e. The molecule has 5 nitrogen and oxygen atoms in total. The van der Waals surface area contributed by atoms with E-state index in [9.17, 15) is 9.59 Å². The third-order valence-electron chi connectivity index (χ3n) is 3.54. The highest BCUT2D eigenvalue weighted by Crippen LogP contribution is 2.17. The second-order valence-corrected chi connectivity index (χ2v) is 5.71. The van der Waals surface area contributed by atoms with Gasteiger partial charge < -0.3 is 10.1 Å². The molecule has 24 heavy (non-hydrogen) atoms. The van der Waals surface area contributed by atoms with Gasteiger partial charge in [0.2, 0.25) is 0 Å². The normalized spacial score (nSPS) is 11.6. The Labute approximate surface area is 146 Å². The Hall–Kier alpha value is -2.40. The average Bonchev–Trinajstić information content (AvgIpc) is 2.59. The zero-order valence-electron chi connectivity index (χ0n) is 13.6. The van der Waals surface area contributed by atoms with Crippen LogP contribution in [0.5, 0.6) is 0 Å². The molecule has 1 atom stereocenters. The molecule has 0 aliphatic carbocycles. The highest BCUT2D eigenvalue weighted by molar-refractivity contribution is 6.32. The number of halogens is 1. The van der Waals surface area contributed by atoms with Gasteiger partial charge in [-0.25, -0.2) is 9.78 Å². The summed E-state index contributed by atoms with van der Waals surface area (Å²) in [5.41, 5.74) is 2.30. The second kappa shape index (κ2) is 8.45. The molecule has 0 unspecified atom stereocenters. The number of amides is 1. The minimum atomic E-state index is -0.674. The molecule has 0 aliphatic heterocycles. The number of ether oxygens (including phenoxy) is 1. The Morgan fingerprint density at radius 2 is 1.96 bits per heavy atom. The molecule has 6 heteroatoms. The number of nitrogens with one attached hydrogen (secondary N) is 1. The van der Waals surface area contributed by atoms with E-state index in [-0.39, 0.29) is 29.3 Å². The number of pyridine rings is 1. The quantitative estimate of drug-likeness (QED) is 0.642. The molecule has 0 aliphatic rings. The van der Waals surface area contributed by atoms with Crippen LogP contribution in [0.4, 0.5) is 0 Å². The fourth-order valence-corrected chi connectivity index (χ4v) is 2.40. The summed E-state index contributed by atoms with van der Waals surface area (Å²) >= 11 is 5.82. The van der Waals surface area contributed by atoms with Gasteiger partial charge in [0.25, 0.3) is 5.91 Å². The van der Waals surface area contributed by atoms with Crippen LogP contribution >= 0.6 is 11.6 Å². The Bertz CT molecular complexity index is 716. The van der Waals surface area contributed by atoms with Crippen LogP contribution in [-0.2, 0) is 9.53 Å². The molecular formula is C18H19ClN2O3. The van der Waals surface area contributed by atoms with E-state index < -0.39 is 5.97 Å². The van der Waals surface area contributed by atoms with Gasteiger partial charge in [-0.2, -0.15) is 0 Å². The highest BCUT2D eigenvalue weighted by Gasteiger charge is 2.16. The van der Waals surface area contributed by atoms with Gasteiger partial charge in [-0.3, -0.25) is 4.79 Å². The molecule has 126 valence electrons. The van der Waals surface area contributed by atoms with Crippen molar-refractivity contribution in [2.75, 3.05) is 6.61 Å². The Morgan fingerprint density at radius 3 is 2.58 bits per heavy atom. The summed E-state index contributed by atoms with van der Waals surface area (Å²) in [4.78, 5) is 27.7. The number of carbonyl (C=O) groups is 2. The van der Waals surface area contributed by atoms with E-state index in [0.29, 0.717) is 0 Å². The van der Waals surface area contributed by atoms with Crippen LogP contribution in [0.15, 0.2) is 42.6 Å². The van der Waals surface area contributed by atoms with E-state index in [2.05, 4.69) is 10.3 Å². The van der Waals surface area contributed by atoms with Crippen molar-refractivity contribution in [1.29, 1.82) is 0 Å². The number of hydrogen-bond donors (Lipinski definition) is 1. The molecule has 0 saturated heterocycles. The fourth-order valence-electron chi connectivity index (χ4n) is 2.20. The van der Waals surface area contributed by atoms with Gasteiger partial charge in [-0.05, 0) is 31.0 Å². The van der Waals surface area contributed by atoms with E-state index in [1.807, 2.05) is 38.1 Å². The van der Waals surface area contributed by atoms with Crippen LogP contribution in [0.3, 0.4) is 0 Å². The summed E-state index contributed by atoms with van der Waals surface area (Å²) in [5, 5.41) is 2.91. The van der Waals surface area contributed by atoms with E-state index in [0.717, 1.165) is 17.5 Å². The van der Waals surface area contributed by atoms with E-state index >= 15 is 0 Å². The molecule has 2 aromatic rings. The maximum atomic E-state index is 12.0. The standard InChI is InChI=1S/C18H19ClN2O3/c1-3-15(13-8-6-12(2)7-9-13)21-16(22)11-24-18(23)14-5-4-10-20-17(14)19/h4-10,15H,3,11H2,1-2H3,(H,21,22)/t15-/m1/s1. The predicted octanol–water partition coefficient (Wildman–Crippen LogP) is 3.47. The van der Waals surface area contributed by atoms with Crippen molar-refractivity contribution < 1.29 is 14.3 Å². The molecular weight excluding hydrogens is 328 g/mol. The average molecular weight is 347 g/mol. The van der Waals surface area contributed by atoms with Crippen molar-refractivity contribution in [3.63, 3.8) is 0 Å². The maximum absolute atomic E-state index is 12.0. The Morgan fingerprint density at radius 1 is 1.25 bits per heavy atom. The van der Waals surface area contributed by atoms with Crippen molar-refractivity contribution in [3.8, 4) is 0 Å². The summed E-state index contributed by atoms with van der Waals surface area (Å²) in [6.07, 6.45) is 2.20. The van der Waals surface area contributed by atoms with Gasteiger partial charge in [-0.15, -0.1) is 0 Å². The van der Waals surface area contributed by atoms with E-state index in [4.69, 9.17) is 16.3 Å². The lowest BCUT2D eigenvalue weighted by molar-refractivity contribution is -0.125. The number of carbonyl (C=O) groups excluding carboxylic acids is 2. The van der Waals surface area contributed by atoms with E-state index in [1.165, 1.54) is 12.3 Å². The first-order valence-electron chi connectivity index (χ1n) is 7.64. The number of hydrogen-bond acceptors (Lipinski definition) is 4. The van der Waals surface area contributed by atoms with Crippen LogP contribution < -0.4 is 5.32 Å². The Balaban J connectivity index is 1.91. The second-order valence-electron chi connectivity index (χ2n) is 5.36. The van der Waals surface area contributed by atoms with Gasteiger partial charge in [-0.1, -0.05) is 48.4 Å². The minimum absolute atomic E-state index is 0.0500. The van der Waals surface area contributed by atoms with E-state index in [1.54, 1.807) is 6.07 Å². The van der Waals surface area contributed by atoms with Gasteiger partial charge in [0, 0.05) is 6.20 Å². The zero-order chi connectivity index (χ0) is 17.5. The maximum Gasteiger partial charge on any atom is 0.341 e. The number of aromatic nitrogens is 1. The molecule has 0 saturated carbocycles. The first-order chi connectivity index (χ1) is 11.5. The molecule has 1 amide bonds. The third-order valence-corrected chi connectivity index (χ3v) is 3.84. The topological polar surface area (TPSA) is 68.3 Å². The van der Waals surface area contributed by atoms with Crippen molar-refractivity contribution in [2.45, 2.75) is 26.3 Å². The van der Waals surface area contributed by atoms with Crippen molar-refractivity contribution in [2.24, 2.45) is 0 Å². The van der Waals surface area contributed by atoms with Crippen LogP contribution in [0.1, 0.15) is 40.9 Å². The smallest absolute Gasteiger partial charge is 0.341 e. The number of nitrogens with zero attached hydrogens (tertiary/aromatic N) is 1. The molecule has 1 N–H and O–H groups in total. The lowest BCUT2D eigenvalue weighted by Crippen LogP contribution is -2.32. The van der Waals surface area contributed by atoms with Crippen molar-refractivity contribution in [3.05, 3.63) is 64.4 Å². The molecule has 1 aromatic heterocycles. The van der Waals surface area contributed by atoms with Gasteiger partial charge in [0.05, 0.1) is 11.6 Å². The first kappa shape index (κ1) is 17.9. The number of esters is 1.